The number of rotatable bonds is 4. The van der Waals surface area contributed by atoms with Gasteiger partial charge < -0.3 is 4.57 Å². The zero-order chi connectivity index (χ0) is 19.0. The molecule has 27 heavy (non-hydrogen) atoms. The first-order valence-corrected chi connectivity index (χ1v) is 10.8. The van der Waals surface area contributed by atoms with E-state index in [4.69, 9.17) is 0 Å². The van der Waals surface area contributed by atoms with Crippen LogP contribution in [0.25, 0.3) is 10.9 Å². The summed E-state index contributed by atoms with van der Waals surface area (Å²) >= 11 is 0. The number of hydrogen-bond donors (Lipinski definition) is 2. The number of Topliss-reactive ketones (excluding diaryl/α,β-unsaturated/α-hetero) is 1. The van der Waals surface area contributed by atoms with E-state index in [9.17, 15) is 4.79 Å². The third-order valence-electron chi connectivity index (χ3n) is 7.82. The van der Waals surface area contributed by atoms with Crippen LogP contribution in [0.4, 0.5) is 0 Å². The Hall–Kier alpha value is -1.65. The molecule has 0 saturated carbocycles. The highest BCUT2D eigenvalue weighted by molar-refractivity contribution is 5.92. The Morgan fingerprint density at radius 2 is 1.78 bits per heavy atom. The van der Waals surface area contributed by atoms with E-state index in [1.165, 1.54) is 16.6 Å². The van der Waals surface area contributed by atoms with Gasteiger partial charge in [0.05, 0.1) is 5.56 Å². The van der Waals surface area contributed by atoms with Gasteiger partial charge in [-0.25, -0.2) is 0 Å². The Kier molecular flexibility index (Phi) is 3.67. The van der Waals surface area contributed by atoms with Crippen LogP contribution in [0.15, 0.2) is 24.3 Å². The number of ketones is 1. The molecule has 4 saturated heterocycles. The maximum absolute atomic E-state index is 13.3. The Morgan fingerprint density at radius 1 is 1.11 bits per heavy atom. The van der Waals surface area contributed by atoms with E-state index in [-0.39, 0.29) is 10.8 Å². The highest BCUT2D eigenvalue weighted by Crippen LogP contribution is 2.40. The summed E-state index contributed by atoms with van der Waals surface area (Å²) in [6.45, 7) is 14.1. The average molecular weight is 368 g/mol. The van der Waals surface area contributed by atoms with Crippen molar-refractivity contribution >= 4 is 16.7 Å². The first-order chi connectivity index (χ1) is 12.9. The maximum atomic E-state index is 13.3. The minimum Gasteiger partial charge on any atom is -0.344 e. The normalized spacial score (nSPS) is 37.5. The maximum Gasteiger partial charge on any atom is 0.242 e. The van der Waals surface area contributed by atoms with Gasteiger partial charge in [-0.2, -0.15) is 0 Å². The zero-order valence-electron chi connectivity index (χ0n) is 17.2. The molecule has 1 aromatic carbocycles. The van der Waals surface area contributed by atoms with Gasteiger partial charge in [0.2, 0.25) is 6.17 Å². The number of nitrogens with zero attached hydrogens (tertiary/aromatic N) is 1. The lowest BCUT2D eigenvalue weighted by atomic mass is 9.59. The number of aryl methyl sites for hydroxylation is 1. The Labute approximate surface area is 162 Å². The second-order valence-electron chi connectivity index (χ2n) is 9.64. The lowest BCUT2D eigenvalue weighted by molar-refractivity contribution is -1.18. The molecule has 4 aliphatic rings. The van der Waals surface area contributed by atoms with Crippen LogP contribution in [0.1, 0.15) is 51.0 Å². The summed E-state index contributed by atoms with van der Waals surface area (Å²) in [6, 6.07) is 8.92. The number of para-hydroxylation sites is 1. The standard InChI is InChI=1S/C23H31N3O/c1-5-11-23-14-24-12-22(4,21(23)27)13-25(15-23)20(24)19-16(3)26(6-2)18-10-8-7-9-17(18)19/h7-10,20H,5-6,11-15H2,1-4H3/p+2. The van der Waals surface area contributed by atoms with Gasteiger partial charge in [-0.3, -0.25) is 14.6 Å². The largest absolute Gasteiger partial charge is 0.344 e. The van der Waals surface area contributed by atoms with E-state index in [1.54, 1.807) is 15.4 Å². The molecule has 0 radical (unpaired) electrons. The number of benzene rings is 1. The van der Waals surface area contributed by atoms with Crippen molar-refractivity contribution in [1.29, 1.82) is 0 Å². The molecule has 2 N–H and O–H groups in total. The molecule has 144 valence electrons. The lowest BCUT2D eigenvalue weighted by Gasteiger charge is -2.59. The van der Waals surface area contributed by atoms with Crippen molar-refractivity contribution in [3.8, 4) is 0 Å². The number of carbonyl (C=O) groups excluding carboxylic acids is 1. The van der Waals surface area contributed by atoms with Gasteiger partial charge in [-0.15, -0.1) is 0 Å². The Balaban J connectivity index is 1.65. The molecule has 0 amide bonds. The van der Waals surface area contributed by atoms with E-state index < -0.39 is 0 Å². The van der Waals surface area contributed by atoms with Crippen molar-refractivity contribution in [2.45, 2.75) is 53.2 Å². The van der Waals surface area contributed by atoms with Crippen LogP contribution in [-0.2, 0) is 11.3 Å². The van der Waals surface area contributed by atoms with Gasteiger partial charge in [0.1, 0.15) is 37.0 Å². The summed E-state index contributed by atoms with van der Waals surface area (Å²) in [6.07, 6.45) is 2.66. The highest BCUT2D eigenvalue weighted by Gasteiger charge is 2.69. The van der Waals surface area contributed by atoms with Crippen LogP contribution in [0.3, 0.4) is 0 Å². The van der Waals surface area contributed by atoms with Crippen molar-refractivity contribution in [3.63, 3.8) is 0 Å². The van der Waals surface area contributed by atoms with Crippen molar-refractivity contribution < 1.29 is 14.6 Å². The average Bonchev–Trinajstić information content (AvgIpc) is 2.90. The van der Waals surface area contributed by atoms with Crippen LogP contribution in [0.5, 0.6) is 0 Å². The Morgan fingerprint density at radius 3 is 2.41 bits per heavy atom. The van der Waals surface area contributed by atoms with Gasteiger partial charge in [-0.1, -0.05) is 31.5 Å². The third-order valence-corrected chi connectivity index (χ3v) is 7.82. The number of hydrogen-bond acceptors (Lipinski definition) is 1. The predicted octanol–water partition coefficient (Wildman–Crippen LogP) is 1.14. The fourth-order valence-corrected chi connectivity index (χ4v) is 7.19. The molecule has 2 atom stereocenters. The highest BCUT2D eigenvalue weighted by atomic mass is 16.1. The minimum absolute atomic E-state index is 0.0712. The van der Waals surface area contributed by atoms with Crippen LogP contribution >= 0.6 is 0 Å². The minimum atomic E-state index is -0.121. The molecule has 1 aromatic heterocycles. The molecule has 4 bridgehead atoms. The van der Waals surface area contributed by atoms with Crippen molar-refractivity contribution in [3.05, 3.63) is 35.5 Å². The number of nitrogens with one attached hydrogen (secondary N) is 2. The lowest BCUT2D eigenvalue weighted by Crippen LogP contribution is -3.41. The van der Waals surface area contributed by atoms with E-state index in [0.717, 1.165) is 45.6 Å². The summed E-state index contributed by atoms with van der Waals surface area (Å²) in [4.78, 5) is 16.7. The van der Waals surface area contributed by atoms with E-state index in [1.807, 2.05) is 0 Å². The van der Waals surface area contributed by atoms with Gasteiger partial charge in [0.25, 0.3) is 0 Å². The number of quaternary nitrogens is 2. The second-order valence-corrected chi connectivity index (χ2v) is 9.64. The van der Waals surface area contributed by atoms with E-state index in [2.05, 4.69) is 56.5 Å². The fraction of sp³-hybridized carbons (Fsp3) is 0.609. The molecule has 4 fully saturated rings. The summed E-state index contributed by atoms with van der Waals surface area (Å²) in [5.41, 5.74) is 4.14. The summed E-state index contributed by atoms with van der Waals surface area (Å²) in [5.74, 6) is 0.579. The zero-order valence-corrected chi connectivity index (χ0v) is 17.2. The second kappa shape index (κ2) is 5.68. The Bertz CT molecular complexity index is 911. The predicted molar refractivity (Wildman–Crippen MR) is 107 cm³/mol. The van der Waals surface area contributed by atoms with Crippen LogP contribution < -0.4 is 9.80 Å². The number of carbonyl (C=O) groups is 1. The number of fused-ring (bicyclic) bond motifs is 1. The topological polar surface area (TPSA) is 30.9 Å². The number of piperidine rings is 2. The SMILES string of the molecule is CCCC12C[NH+]3CC(C)(C[NH+](C1)C3c1c(C)n(CC)c3ccccc13)C2=O. The molecular weight excluding hydrogens is 334 g/mol. The molecule has 6 rings (SSSR count). The molecule has 5 heterocycles. The van der Waals surface area contributed by atoms with Gasteiger partial charge in [-0.05, 0) is 33.3 Å². The van der Waals surface area contributed by atoms with Gasteiger partial charge >= 0.3 is 0 Å². The molecule has 0 spiro atoms. The first kappa shape index (κ1) is 17.4. The molecular formula is C23H33N3O+2. The molecule has 2 aromatic rings. The van der Waals surface area contributed by atoms with Crippen molar-refractivity contribution in [2.75, 3.05) is 26.2 Å². The van der Waals surface area contributed by atoms with Crippen molar-refractivity contribution in [1.82, 2.24) is 4.57 Å². The number of aromatic nitrogens is 1. The molecule has 4 heteroatoms. The van der Waals surface area contributed by atoms with E-state index in [0.29, 0.717) is 11.9 Å². The van der Waals surface area contributed by atoms with Crippen LogP contribution in [0, 0.1) is 17.8 Å². The molecule has 2 unspecified atom stereocenters. The van der Waals surface area contributed by atoms with Crippen molar-refractivity contribution in [2.24, 2.45) is 10.8 Å². The fourth-order valence-electron chi connectivity index (χ4n) is 7.19. The monoisotopic (exact) mass is 367 g/mol. The molecule has 0 aliphatic carbocycles. The van der Waals surface area contributed by atoms with Gasteiger partial charge in [0, 0.05) is 23.1 Å². The first-order valence-electron chi connectivity index (χ1n) is 10.8. The summed E-state index contributed by atoms with van der Waals surface area (Å²) in [5, 5.41) is 1.43. The molecule has 4 aliphatic heterocycles. The van der Waals surface area contributed by atoms with Gasteiger partial charge in [0.15, 0.2) is 5.78 Å². The van der Waals surface area contributed by atoms with Crippen LogP contribution in [0.2, 0.25) is 0 Å². The quantitative estimate of drug-likeness (QED) is 0.834. The van der Waals surface area contributed by atoms with E-state index >= 15 is 0 Å². The molecule has 4 nitrogen and oxygen atoms in total. The summed E-state index contributed by atoms with van der Waals surface area (Å²) < 4.78 is 2.48. The smallest absolute Gasteiger partial charge is 0.242 e. The van der Waals surface area contributed by atoms with Crippen LogP contribution in [-0.4, -0.2) is 36.5 Å². The summed E-state index contributed by atoms with van der Waals surface area (Å²) in [7, 11) is 0. The third kappa shape index (κ3) is 2.14.